The summed E-state index contributed by atoms with van der Waals surface area (Å²) < 4.78 is 1.67. The summed E-state index contributed by atoms with van der Waals surface area (Å²) in [7, 11) is 0. The van der Waals surface area contributed by atoms with Gasteiger partial charge in [0.15, 0.2) is 5.82 Å². The molecule has 3 aromatic rings. The van der Waals surface area contributed by atoms with Gasteiger partial charge in [-0.05, 0) is 19.1 Å². The van der Waals surface area contributed by atoms with E-state index < -0.39 is 0 Å². The lowest BCUT2D eigenvalue weighted by Gasteiger charge is -2.03. The van der Waals surface area contributed by atoms with Crippen molar-refractivity contribution < 1.29 is 0 Å². The predicted molar refractivity (Wildman–Crippen MR) is 73.3 cm³/mol. The molecular weight excluding hydrogens is 293 g/mol. The number of nitrogens with two attached hydrogens (primary N) is 1. The number of fused-ring (bicyclic) bond motifs is 1. The van der Waals surface area contributed by atoms with Gasteiger partial charge in [-0.3, -0.25) is 0 Å². The molecule has 0 bridgehead atoms. The molecule has 3 rings (SSSR count). The molecule has 0 saturated heterocycles. The minimum Gasteiger partial charge on any atom is -0.398 e. The summed E-state index contributed by atoms with van der Waals surface area (Å²) in [6.07, 6.45) is 0. The molecule has 0 aliphatic rings. The van der Waals surface area contributed by atoms with Crippen molar-refractivity contribution in [1.82, 2.24) is 19.8 Å². The number of aryl methyl sites for hydroxylation is 1. The number of hydrogen-bond acceptors (Lipinski definition) is 5. The van der Waals surface area contributed by atoms with Crippen molar-refractivity contribution in [3.63, 3.8) is 0 Å². The number of nitrogen functional groups attached to an aromatic ring is 1. The van der Waals surface area contributed by atoms with Gasteiger partial charge >= 0.3 is 0 Å². The minimum absolute atomic E-state index is 0.433. The molecule has 5 nitrogen and oxygen atoms in total. The van der Waals surface area contributed by atoms with Gasteiger partial charge in [0.25, 0.3) is 0 Å². The normalized spacial score (nSPS) is 11.3. The number of hydrogen-bond donors (Lipinski definition) is 1. The van der Waals surface area contributed by atoms with Crippen molar-refractivity contribution in [3.05, 3.63) is 28.0 Å². The molecule has 0 fully saturated rings. The van der Waals surface area contributed by atoms with Crippen LogP contribution in [0.15, 0.2) is 12.1 Å². The van der Waals surface area contributed by atoms with Crippen molar-refractivity contribution in [2.24, 2.45) is 0 Å². The maximum absolute atomic E-state index is 6.15. The highest BCUT2D eigenvalue weighted by atomic mass is 35.5. The highest BCUT2D eigenvalue weighted by Crippen LogP contribution is 2.36. The monoisotopic (exact) mass is 299 g/mol. The molecule has 0 radical (unpaired) electrons. The van der Waals surface area contributed by atoms with Crippen LogP contribution in [-0.4, -0.2) is 19.8 Å². The zero-order chi connectivity index (χ0) is 12.9. The Balaban J connectivity index is 2.22. The van der Waals surface area contributed by atoms with E-state index in [-0.39, 0.29) is 0 Å². The van der Waals surface area contributed by atoms with Gasteiger partial charge in [-0.25, -0.2) is 0 Å². The first-order valence-electron chi connectivity index (χ1n) is 5.00. The van der Waals surface area contributed by atoms with Crippen LogP contribution in [0.2, 0.25) is 10.0 Å². The van der Waals surface area contributed by atoms with E-state index in [1.54, 1.807) is 16.6 Å². The fourth-order valence-corrected chi connectivity index (χ4v) is 3.00. The fourth-order valence-electron chi connectivity index (χ4n) is 1.55. The lowest BCUT2D eigenvalue weighted by atomic mass is 10.2. The van der Waals surface area contributed by atoms with Gasteiger partial charge in [0.05, 0.1) is 15.7 Å². The number of aromatic nitrogens is 4. The van der Waals surface area contributed by atoms with Crippen LogP contribution < -0.4 is 5.73 Å². The third-order valence-electron chi connectivity index (χ3n) is 2.46. The molecule has 0 spiro atoms. The van der Waals surface area contributed by atoms with Gasteiger partial charge in [0, 0.05) is 5.56 Å². The summed E-state index contributed by atoms with van der Waals surface area (Å²) >= 11 is 13.4. The Morgan fingerprint density at radius 3 is 2.72 bits per heavy atom. The summed E-state index contributed by atoms with van der Waals surface area (Å²) in [6.45, 7) is 1.83. The van der Waals surface area contributed by atoms with Gasteiger partial charge in [-0.2, -0.15) is 9.61 Å². The summed E-state index contributed by atoms with van der Waals surface area (Å²) in [5.74, 6) is 0.727. The Morgan fingerprint density at radius 2 is 2.00 bits per heavy atom. The molecule has 1 aromatic carbocycles. The number of nitrogens with zero attached hydrogens (tertiary/aromatic N) is 4. The SMILES string of the molecule is Cc1nnc2sc(-c3cc(N)c(Cl)cc3Cl)nn12. The number of halogens is 2. The Labute approximate surface area is 116 Å². The third kappa shape index (κ3) is 1.73. The quantitative estimate of drug-likeness (QED) is 0.701. The van der Waals surface area contributed by atoms with Crippen LogP contribution in [0.5, 0.6) is 0 Å². The molecule has 92 valence electrons. The Kier molecular flexibility index (Phi) is 2.65. The zero-order valence-corrected chi connectivity index (χ0v) is 11.5. The molecule has 18 heavy (non-hydrogen) atoms. The lowest BCUT2D eigenvalue weighted by Crippen LogP contribution is -1.91. The molecule has 0 atom stereocenters. The van der Waals surface area contributed by atoms with Crippen LogP contribution in [-0.2, 0) is 0 Å². The van der Waals surface area contributed by atoms with E-state index in [0.717, 1.165) is 16.4 Å². The van der Waals surface area contributed by atoms with Crippen molar-refractivity contribution in [1.29, 1.82) is 0 Å². The van der Waals surface area contributed by atoms with Crippen molar-refractivity contribution in [2.75, 3.05) is 5.73 Å². The second-order valence-corrected chi connectivity index (χ2v) is 5.47. The highest BCUT2D eigenvalue weighted by Gasteiger charge is 2.14. The van der Waals surface area contributed by atoms with E-state index in [2.05, 4.69) is 15.3 Å². The molecule has 0 unspecified atom stereocenters. The van der Waals surface area contributed by atoms with E-state index >= 15 is 0 Å². The van der Waals surface area contributed by atoms with Crippen LogP contribution in [0.25, 0.3) is 15.5 Å². The number of rotatable bonds is 1. The molecule has 2 N–H and O–H groups in total. The second-order valence-electron chi connectivity index (χ2n) is 3.70. The fraction of sp³-hybridized carbons (Fsp3) is 0.100. The molecule has 0 amide bonds. The molecular formula is C10H7Cl2N5S. The van der Waals surface area contributed by atoms with Crippen molar-refractivity contribution in [3.8, 4) is 10.6 Å². The van der Waals surface area contributed by atoms with Crippen LogP contribution in [0, 0.1) is 6.92 Å². The summed E-state index contributed by atoms with van der Waals surface area (Å²) in [5.41, 5.74) is 6.99. The molecule has 0 aliphatic heterocycles. The topological polar surface area (TPSA) is 69.1 Å². The van der Waals surface area contributed by atoms with Gasteiger partial charge in [-0.15, -0.1) is 10.2 Å². The summed E-state index contributed by atoms with van der Waals surface area (Å²) in [6, 6.07) is 3.33. The first kappa shape index (κ1) is 11.7. The van der Waals surface area contributed by atoms with Crippen LogP contribution >= 0.6 is 34.5 Å². The van der Waals surface area contributed by atoms with Crippen LogP contribution in [0.4, 0.5) is 5.69 Å². The molecule has 0 saturated carbocycles. The van der Waals surface area contributed by atoms with E-state index in [4.69, 9.17) is 28.9 Å². The van der Waals surface area contributed by atoms with Crippen LogP contribution in [0.3, 0.4) is 0 Å². The van der Waals surface area contributed by atoms with Gasteiger partial charge in [0.1, 0.15) is 5.01 Å². The van der Waals surface area contributed by atoms with Crippen molar-refractivity contribution >= 4 is 45.2 Å². The van der Waals surface area contributed by atoms with E-state index in [9.17, 15) is 0 Å². The Bertz CT molecular complexity index is 748. The molecule has 8 heteroatoms. The smallest absolute Gasteiger partial charge is 0.234 e. The molecule has 0 aliphatic carbocycles. The van der Waals surface area contributed by atoms with Gasteiger partial charge in [0.2, 0.25) is 4.96 Å². The zero-order valence-electron chi connectivity index (χ0n) is 9.19. The maximum Gasteiger partial charge on any atom is 0.234 e. The first-order chi connectivity index (χ1) is 8.56. The maximum atomic E-state index is 6.15. The average Bonchev–Trinajstić information content (AvgIpc) is 2.87. The van der Waals surface area contributed by atoms with Gasteiger partial charge in [-0.1, -0.05) is 34.5 Å². The lowest BCUT2D eigenvalue weighted by molar-refractivity contribution is 0.898. The van der Waals surface area contributed by atoms with Gasteiger partial charge < -0.3 is 5.73 Å². The van der Waals surface area contributed by atoms with Crippen LogP contribution in [0.1, 0.15) is 5.82 Å². The van der Waals surface area contributed by atoms with E-state index in [1.807, 2.05) is 6.92 Å². The predicted octanol–water partition coefficient (Wildman–Crippen LogP) is 3.05. The Hall–Kier alpha value is -1.37. The molecule has 2 heterocycles. The standard InChI is InChI=1S/C10H7Cl2N5S/c1-4-14-15-10-17(4)16-9(18-10)5-2-8(13)7(12)3-6(5)11/h2-3H,13H2,1H3. The number of anilines is 1. The largest absolute Gasteiger partial charge is 0.398 e. The third-order valence-corrected chi connectivity index (χ3v) is 4.04. The average molecular weight is 300 g/mol. The number of benzene rings is 1. The first-order valence-corrected chi connectivity index (χ1v) is 6.57. The van der Waals surface area contributed by atoms with Crippen molar-refractivity contribution in [2.45, 2.75) is 6.92 Å². The summed E-state index contributed by atoms with van der Waals surface area (Å²) in [5, 5.41) is 14.0. The van der Waals surface area contributed by atoms with E-state index in [0.29, 0.717) is 20.7 Å². The second kappa shape index (κ2) is 4.08. The highest BCUT2D eigenvalue weighted by molar-refractivity contribution is 7.19. The van der Waals surface area contributed by atoms with E-state index in [1.165, 1.54) is 11.3 Å². The molecule has 2 aromatic heterocycles. The Morgan fingerprint density at radius 1 is 1.22 bits per heavy atom. The summed E-state index contributed by atoms with van der Waals surface area (Å²) in [4.78, 5) is 0.715. The minimum atomic E-state index is 0.433.